The largest absolute Gasteiger partial charge is 0.312 e. The predicted molar refractivity (Wildman–Crippen MR) is 227 cm³/mol. The summed E-state index contributed by atoms with van der Waals surface area (Å²) in [7, 11) is 0. The van der Waals surface area contributed by atoms with Crippen LogP contribution in [-0.4, -0.2) is 24.9 Å². The van der Waals surface area contributed by atoms with E-state index in [1.165, 1.54) is 33.4 Å². The van der Waals surface area contributed by atoms with Crippen LogP contribution in [0.1, 0.15) is 105 Å². The summed E-state index contributed by atoms with van der Waals surface area (Å²) in [5.74, 6) is 0.393. The van der Waals surface area contributed by atoms with Gasteiger partial charge in [-0.3, -0.25) is 9.59 Å². The van der Waals surface area contributed by atoms with Crippen LogP contribution in [0.4, 0.5) is 11.4 Å². The van der Waals surface area contributed by atoms with Gasteiger partial charge in [-0.15, -0.1) is 0 Å². The van der Waals surface area contributed by atoms with Gasteiger partial charge >= 0.3 is 0 Å². The fraction of sp³-hybridized carbons (Fsp3) is 0.360. The van der Waals surface area contributed by atoms with E-state index in [-0.39, 0.29) is 28.1 Å². The van der Waals surface area contributed by atoms with Gasteiger partial charge in [0.05, 0.1) is 0 Å². The molecule has 0 radical (unpaired) electrons. The van der Waals surface area contributed by atoms with Crippen molar-refractivity contribution in [2.24, 2.45) is 0 Å². The predicted octanol–water partition coefficient (Wildman–Crippen LogP) is 12.5. The molecule has 0 atom stereocenters. The number of hydrogen-bond acceptors (Lipinski definition) is 2. The number of anilines is 2. The average molecular weight is 717 g/mol. The highest BCUT2D eigenvalue weighted by Crippen LogP contribution is 2.45. The molecule has 0 aromatic heterocycles. The second kappa shape index (κ2) is 14.0. The zero-order valence-electron chi connectivity index (χ0n) is 33.8. The first-order chi connectivity index (χ1) is 25.5. The van der Waals surface area contributed by atoms with Crippen molar-refractivity contribution in [2.75, 3.05) is 22.9 Å². The normalized spacial score (nSPS) is 15.4. The lowest BCUT2D eigenvalue weighted by Crippen LogP contribution is -2.23. The summed E-state index contributed by atoms with van der Waals surface area (Å²) in [6, 6.07) is 38.1. The first-order valence-electron chi connectivity index (χ1n) is 19.7. The van der Waals surface area contributed by atoms with Crippen LogP contribution in [0.5, 0.6) is 0 Å². The van der Waals surface area contributed by atoms with Crippen LogP contribution < -0.4 is 9.80 Å². The molecule has 5 aromatic rings. The zero-order chi connectivity index (χ0) is 38.6. The number of amides is 2. The Bertz CT molecular complexity index is 2070. The molecule has 2 amide bonds. The minimum Gasteiger partial charge on any atom is -0.312 e. The molecule has 2 aliphatic heterocycles. The van der Waals surface area contributed by atoms with Crippen molar-refractivity contribution in [3.8, 4) is 44.5 Å². The molecule has 278 valence electrons. The summed E-state index contributed by atoms with van der Waals surface area (Å²) >= 11 is 0. The SMILES string of the molecule is CC(C)(C)c1cc(-c2ccc(-c3c(-c4ccc(N5CCCC5=O)cc4)cc(C(C)(C)C)cc3-c3ccc(N4CCCC4=O)cc3)cc2)cc(C(C)(C)C)c1. The van der Waals surface area contributed by atoms with Crippen LogP contribution in [-0.2, 0) is 25.8 Å². The second-order valence-electron chi connectivity index (χ2n) is 18.5. The van der Waals surface area contributed by atoms with Crippen molar-refractivity contribution in [1.82, 2.24) is 0 Å². The fourth-order valence-electron chi connectivity index (χ4n) is 7.82. The number of hydrogen-bond donors (Lipinski definition) is 0. The van der Waals surface area contributed by atoms with E-state index in [4.69, 9.17) is 0 Å². The van der Waals surface area contributed by atoms with E-state index >= 15 is 0 Å². The molecule has 0 saturated carbocycles. The molecule has 2 aliphatic rings. The van der Waals surface area contributed by atoms with Gasteiger partial charge < -0.3 is 9.80 Å². The lowest BCUT2D eigenvalue weighted by atomic mass is 9.78. The zero-order valence-corrected chi connectivity index (χ0v) is 33.8. The summed E-state index contributed by atoms with van der Waals surface area (Å²) in [5.41, 5.74) is 15.1. The van der Waals surface area contributed by atoms with E-state index < -0.39 is 0 Å². The highest BCUT2D eigenvalue weighted by Gasteiger charge is 2.26. The number of nitrogens with zero attached hydrogens (tertiary/aromatic N) is 2. The number of rotatable bonds is 6. The first kappa shape index (κ1) is 37.4. The van der Waals surface area contributed by atoms with Crippen LogP contribution >= 0.6 is 0 Å². The van der Waals surface area contributed by atoms with Crippen LogP contribution in [0.15, 0.2) is 103 Å². The molecule has 4 heteroatoms. The quantitative estimate of drug-likeness (QED) is 0.176. The van der Waals surface area contributed by atoms with E-state index in [2.05, 4.69) is 165 Å². The second-order valence-corrected chi connectivity index (χ2v) is 18.5. The minimum atomic E-state index is -0.0987. The van der Waals surface area contributed by atoms with Gasteiger partial charge in [0.15, 0.2) is 0 Å². The minimum absolute atomic E-state index is 0.0315. The molecule has 2 heterocycles. The van der Waals surface area contributed by atoms with Crippen LogP contribution in [0.25, 0.3) is 44.5 Å². The van der Waals surface area contributed by atoms with Gasteiger partial charge in [-0.2, -0.15) is 0 Å². The summed E-state index contributed by atoms with van der Waals surface area (Å²) in [6.45, 7) is 22.1. The van der Waals surface area contributed by atoms with Crippen molar-refractivity contribution in [3.63, 3.8) is 0 Å². The van der Waals surface area contributed by atoms with Crippen molar-refractivity contribution in [2.45, 2.75) is 104 Å². The number of carbonyl (C=O) groups excluding carboxylic acids is 2. The summed E-state index contributed by atoms with van der Waals surface area (Å²) in [4.78, 5) is 29.1. The molecular formula is C50H56N2O2. The van der Waals surface area contributed by atoms with Gasteiger partial charge in [0.1, 0.15) is 0 Å². The molecule has 4 nitrogen and oxygen atoms in total. The third-order valence-electron chi connectivity index (χ3n) is 11.3. The average Bonchev–Trinajstić information content (AvgIpc) is 3.77. The van der Waals surface area contributed by atoms with Crippen molar-refractivity contribution >= 4 is 23.2 Å². The smallest absolute Gasteiger partial charge is 0.227 e. The molecule has 0 spiro atoms. The van der Waals surface area contributed by atoms with E-state index in [9.17, 15) is 9.59 Å². The van der Waals surface area contributed by atoms with Crippen molar-refractivity contribution in [1.29, 1.82) is 0 Å². The Morgan fingerprint density at radius 1 is 0.407 bits per heavy atom. The molecule has 7 rings (SSSR count). The van der Waals surface area contributed by atoms with E-state index in [0.717, 1.165) is 65.1 Å². The molecule has 2 fully saturated rings. The van der Waals surface area contributed by atoms with Crippen LogP contribution in [0.3, 0.4) is 0 Å². The number of carbonyl (C=O) groups is 2. The molecule has 0 N–H and O–H groups in total. The Balaban J connectivity index is 1.40. The Morgan fingerprint density at radius 3 is 1.11 bits per heavy atom. The summed E-state index contributed by atoms with van der Waals surface area (Å²) in [5, 5.41) is 0. The molecule has 2 saturated heterocycles. The highest BCUT2D eigenvalue weighted by molar-refractivity contribution is 5.99. The maximum absolute atomic E-state index is 12.6. The third kappa shape index (κ3) is 7.53. The van der Waals surface area contributed by atoms with Gasteiger partial charge in [0.2, 0.25) is 11.8 Å². The Morgan fingerprint density at radius 2 is 0.759 bits per heavy atom. The van der Waals surface area contributed by atoms with Gasteiger partial charge in [-0.25, -0.2) is 0 Å². The topological polar surface area (TPSA) is 40.6 Å². The van der Waals surface area contributed by atoms with Crippen molar-refractivity contribution in [3.05, 3.63) is 120 Å². The van der Waals surface area contributed by atoms with E-state index in [1.807, 2.05) is 9.80 Å². The molecule has 0 unspecified atom stereocenters. The molecule has 0 bridgehead atoms. The third-order valence-corrected chi connectivity index (χ3v) is 11.3. The van der Waals surface area contributed by atoms with Gasteiger partial charge in [-0.05, 0) is 127 Å². The number of benzene rings is 5. The van der Waals surface area contributed by atoms with Gasteiger partial charge in [0.25, 0.3) is 0 Å². The maximum Gasteiger partial charge on any atom is 0.227 e. The van der Waals surface area contributed by atoms with Gasteiger partial charge in [0, 0.05) is 37.3 Å². The summed E-state index contributed by atoms with van der Waals surface area (Å²) < 4.78 is 0. The van der Waals surface area contributed by atoms with E-state index in [0.29, 0.717) is 12.8 Å². The molecule has 5 aromatic carbocycles. The van der Waals surface area contributed by atoms with Gasteiger partial charge in [-0.1, -0.05) is 129 Å². The maximum atomic E-state index is 12.6. The Hall–Kier alpha value is -4.96. The molecule has 54 heavy (non-hydrogen) atoms. The Labute approximate surface area is 323 Å². The first-order valence-corrected chi connectivity index (χ1v) is 19.7. The molecule has 0 aliphatic carbocycles. The highest BCUT2D eigenvalue weighted by atomic mass is 16.2. The van der Waals surface area contributed by atoms with Crippen LogP contribution in [0, 0.1) is 0 Å². The lowest BCUT2D eigenvalue weighted by Gasteiger charge is -2.26. The fourth-order valence-corrected chi connectivity index (χ4v) is 7.82. The summed E-state index contributed by atoms with van der Waals surface area (Å²) in [6.07, 6.45) is 3.03. The molecular weight excluding hydrogens is 661 g/mol. The van der Waals surface area contributed by atoms with Crippen LogP contribution in [0.2, 0.25) is 0 Å². The standard InChI is InChI=1S/C50H56N2O2/c1-48(2,3)38-28-37(29-39(30-38)49(4,5)6)33-14-16-36(17-15-33)47-43(34-18-22-41(23-19-34)51-26-10-12-45(51)53)31-40(50(7,8)9)32-44(47)35-20-24-42(25-21-35)52-27-11-13-46(52)54/h14-25,28-32H,10-13,26-27H2,1-9H3. The Kier molecular flexibility index (Phi) is 9.71. The van der Waals surface area contributed by atoms with E-state index in [1.54, 1.807) is 0 Å². The lowest BCUT2D eigenvalue weighted by molar-refractivity contribution is -0.117. The monoisotopic (exact) mass is 716 g/mol. The van der Waals surface area contributed by atoms with Crippen molar-refractivity contribution < 1.29 is 9.59 Å².